The number of phosphoric ester groups is 1. The molecule has 1 saturated heterocycles. The van der Waals surface area contributed by atoms with Gasteiger partial charge in [-0.2, -0.15) is 0 Å². The molecule has 0 spiro atoms. The van der Waals surface area contributed by atoms with Crippen molar-refractivity contribution in [2.75, 3.05) is 33.0 Å². The molecule has 592 valence electrons. The van der Waals surface area contributed by atoms with E-state index in [0.717, 1.165) is 148 Å². The molecule has 1 fully saturated rings. The summed E-state index contributed by atoms with van der Waals surface area (Å²) in [5, 5.41) is 27.3. The van der Waals surface area contributed by atoms with Crippen LogP contribution < -0.4 is 10.6 Å². The van der Waals surface area contributed by atoms with Crippen molar-refractivity contribution in [2.45, 2.75) is 463 Å². The molecule has 1 aliphatic heterocycles. The van der Waals surface area contributed by atoms with Crippen LogP contribution in [0, 0.1) is 0 Å². The highest BCUT2D eigenvalue weighted by Gasteiger charge is 2.52. The van der Waals surface area contributed by atoms with Crippen molar-refractivity contribution in [2.24, 2.45) is 0 Å². The Morgan fingerprint density at radius 3 is 1.02 bits per heavy atom. The number of ether oxygens (including phenoxy) is 6. The second-order valence-electron chi connectivity index (χ2n) is 29.5. The molecule has 1 heterocycles. The van der Waals surface area contributed by atoms with Gasteiger partial charge in [0, 0.05) is 19.8 Å². The molecule has 6 N–H and O–H groups in total. The first-order valence-electron chi connectivity index (χ1n) is 42.1. The van der Waals surface area contributed by atoms with Crippen LogP contribution in [0.25, 0.3) is 0 Å². The van der Waals surface area contributed by atoms with Gasteiger partial charge >= 0.3 is 19.8 Å². The molecule has 9 atom stereocenters. The summed E-state index contributed by atoms with van der Waals surface area (Å²) in [5.74, 6) is -3.33. The number of phosphoric acid groups is 1. The van der Waals surface area contributed by atoms with Crippen LogP contribution in [0.1, 0.15) is 408 Å². The fourth-order valence-electron chi connectivity index (χ4n) is 13.7. The fourth-order valence-corrected chi connectivity index (χ4v) is 14.2. The van der Waals surface area contributed by atoms with Crippen LogP contribution in [-0.4, -0.2) is 132 Å². The Balaban J connectivity index is 3.73. The molecule has 0 aliphatic carbocycles. The summed E-state index contributed by atoms with van der Waals surface area (Å²) >= 11 is 0. The van der Waals surface area contributed by atoms with Crippen LogP contribution in [0.5, 0.6) is 0 Å². The van der Waals surface area contributed by atoms with E-state index in [0.29, 0.717) is 39.1 Å². The number of hydrogen-bond donors (Lipinski definition) is 6. The van der Waals surface area contributed by atoms with E-state index in [1.807, 2.05) is 0 Å². The lowest BCUT2D eigenvalue weighted by molar-refractivity contribution is -0.272. The second kappa shape index (κ2) is 68.6. The molecule has 2 amide bonds. The van der Waals surface area contributed by atoms with Crippen LogP contribution in [0.2, 0.25) is 0 Å². The Hall–Kier alpha value is -2.25. The summed E-state index contributed by atoms with van der Waals surface area (Å²) < 4.78 is 56.7. The minimum Gasteiger partial charge on any atom is -0.480 e. The summed E-state index contributed by atoms with van der Waals surface area (Å²) in [6, 6.07) is -3.22. The van der Waals surface area contributed by atoms with Crippen molar-refractivity contribution in [3.8, 4) is 0 Å². The lowest BCUT2D eigenvalue weighted by Gasteiger charge is -2.45. The molecule has 0 aromatic carbocycles. The van der Waals surface area contributed by atoms with Gasteiger partial charge in [-0.15, -0.1) is 0 Å². The smallest absolute Gasteiger partial charge is 0.470 e. The summed E-state index contributed by atoms with van der Waals surface area (Å²) in [7, 11) is -5.44. The number of carboxylic acids is 1. The van der Waals surface area contributed by atoms with Gasteiger partial charge in [0.05, 0.1) is 50.8 Å². The molecule has 1 aliphatic rings. The minimum absolute atomic E-state index is 0.0767. The molecule has 0 bridgehead atoms. The predicted octanol–water partition coefficient (Wildman–Crippen LogP) is 20.7. The predicted molar refractivity (Wildman–Crippen MR) is 406 cm³/mol. The number of nitrogens with one attached hydrogen (secondary N) is 2. The highest BCUT2D eigenvalue weighted by molar-refractivity contribution is 7.46. The van der Waals surface area contributed by atoms with Gasteiger partial charge < -0.3 is 59.1 Å². The van der Waals surface area contributed by atoms with Crippen LogP contribution in [0.15, 0.2) is 0 Å². The number of aliphatic carboxylic acids is 1. The van der Waals surface area contributed by atoms with Crippen molar-refractivity contribution >= 4 is 31.6 Å². The number of carbonyl (C=O) groups excluding carboxylic acids is 3. The van der Waals surface area contributed by atoms with E-state index in [1.165, 1.54) is 180 Å². The summed E-state index contributed by atoms with van der Waals surface area (Å²) in [5.41, 5.74) is 0. The molecule has 2 unspecified atom stereocenters. The topological polar surface area (TPSA) is 255 Å². The van der Waals surface area contributed by atoms with E-state index in [1.54, 1.807) is 0 Å². The Labute approximate surface area is 611 Å². The van der Waals surface area contributed by atoms with Gasteiger partial charge in [-0.05, 0) is 38.5 Å². The number of aliphatic hydroxyl groups is 1. The highest BCUT2D eigenvalue weighted by Crippen LogP contribution is 2.42. The van der Waals surface area contributed by atoms with Gasteiger partial charge in [0.25, 0.3) is 0 Å². The Kier molecular flexibility index (Phi) is 65.6. The molecule has 0 saturated carbocycles. The third kappa shape index (κ3) is 56.1. The van der Waals surface area contributed by atoms with Crippen molar-refractivity contribution in [3.63, 3.8) is 0 Å². The van der Waals surface area contributed by atoms with E-state index in [-0.39, 0.29) is 19.3 Å². The quantitative estimate of drug-likeness (QED) is 0.0188. The van der Waals surface area contributed by atoms with Crippen molar-refractivity contribution in [1.29, 1.82) is 0 Å². The van der Waals surface area contributed by atoms with Gasteiger partial charge in [-0.3, -0.25) is 18.9 Å². The molecule has 1 rings (SSSR count). The number of aliphatic hydroxyl groups excluding tert-OH is 1. The third-order valence-electron chi connectivity index (χ3n) is 19.9. The molecule has 0 aromatic heterocycles. The zero-order valence-corrected chi connectivity index (χ0v) is 66.1. The number of rotatable bonds is 76. The van der Waals surface area contributed by atoms with E-state index in [2.05, 4.69) is 52.2 Å². The van der Waals surface area contributed by atoms with Crippen molar-refractivity contribution < 1.29 is 76.7 Å². The molecule has 0 aromatic rings. The molecule has 100 heavy (non-hydrogen) atoms. The number of carboxylic acid groups (broad SMARTS) is 1. The maximum atomic E-state index is 14.8. The zero-order valence-electron chi connectivity index (χ0n) is 65.2. The van der Waals surface area contributed by atoms with Gasteiger partial charge in [-0.25, -0.2) is 9.36 Å². The van der Waals surface area contributed by atoms with E-state index >= 15 is 0 Å². The second-order valence-corrected chi connectivity index (χ2v) is 30.7. The summed E-state index contributed by atoms with van der Waals surface area (Å²) in [4.78, 5) is 77.7. The standard InChI is InChI=1S/C81H157N2O16P/c1-7-13-19-25-31-37-40-46-52-58-69(93-61-55-49-43-34-28-22-16-10-4)64-74(85)82-72(80(88)89)68-96-81-77(83-75(86)65-70(59-53-47-41-38-32-26-20-14-8-2)94-62-56-50-44-35-29-23-17-11-5)79(78(73(67-84)97-81)99-100(90,91)92)98-76(87)66-71(60-54-48-42-39-33-27-21-15-9-3)95-63-57-51-45-36-30-24-18-12-6/h69-73,77-79,81,84H,7-68H2,1-6H3,(H,82,85)(H,83,86)(H,88,89)(H2,90,91,92)/t69-,70-,71-,72+,73?,77?,78-,79-,81-/m1/s1. The third-order valence-corrected chi connectivity index (χ3v) is 20.4. The maximum absolute atomic E-state index is 14.8. The Morgan fingerprint density at radius 1 is 0.410 bits per heavy atom. The minimum atomic E-state index is -5.44. The van der Waals surface area contributed by atoms with Crippen molar-refractivity contribution in [1.82, 2.24) is 10.6 Å². The largest absolute Gasteiger partial charge is 0.480 e. The number of esters is 1. The SMILES string of the molecule is CCCCCCCCCCC[C@H](CC(=O)NC1[C@H](OC[C@H](NC(=O)C[C@@H](CCCCCCCCCCC)OCCCCCCCCCC)C(=O)O)OC(CO)[C@@H](OP(=O)(O)O)[C@@H]1OC(=O)C[C@@H](CCCCCCCCCCC)OCCCCCCCCCC)OCCCCCCCCCC. The van der Waals surface area contributed by atoms with Gasteiger partial charge in [0.1, 0.15) is 18.2 Å². The number of hydrogen-bond acceptors (Lipinski definition) is 13. The first-order valence-corrected chi connectivity index (χ1v) is 43.7. The van der Waals surface area contributed by atoms with Gasteiger partial charge in [-0.1, -0.05) is 350 Å². The van der Waals surface area contributed by atoms with Crippen molar-refractivity contribution in [3.05, 3.63) is 0 Å². The lowest BCUT2D eigenvalue weighted by Crippen LogP contribution is -2.66. The Morgan fingerprint density at radius 2 is 0.710 bits per heavy atom. The summed E-state index contributed by atoms with van der Waals surface area (Å²) in [6.07, 6.45) is 50.2. The average molecular weight is 1450 g/mol. The first-order chi connectivity index (χ1) is 48.7. The number of carbonyl (C=O) groups is 4. The van der Waals surface area contributed by atoms with E-state index < -0.39 is 99.8 Å². The normalized spacial score (nSPS) is 17.7. The average Bonchev–Trinajstić information content (AvgIpc) is 0.781. The van der Waals surface area contributed by atoms with Crippen LogP contribution in [0.3, 0.4) is 0 Å². The van der Waals surface area contributed by atoms with Crippen LogP contribution >= 0.6 is 7.82 Å². The number of amides is 2. The molecule has 18 nitrogen and oxygen atoms in total. The Bertz CT molecular complexity index is 1850. The summed E-state index contributed by atoms with van der Waals surface area (Å²) in [6.45, 7) is 13.0. The highest BCUT2D eigenvalue weighted by atomic mass is 31.2. The van der Waals surface area contributed by atoms with Crippen LogP contribution in [-0.2, 0) is 56.7 Å². The van der Waals surface area contributed by atoms with E-state index in [9.17, 15) is 43.7 Å². The molecular weight excluding hydrogens is 1290 g/mol. The number of unbranched alkanes of at least 4 members (excludes halogenated alkanes) is 45. The fraction of sp³-hybridized carbons (Fsp3) is 0.951. The molecular formula is C81H157N2O16P. The molecule has 0 radical (unpaired) electrons. The maximum Gasteiger partial charge on any atom is 0.470 e. The lowest BCUT2D eigenvalue weighted by atomic mass is 9.95. The van der Waals surface area contributed by atoms with Crippen LogP contribution in [0.4, 0.5) is 0 Å². The van der Waals surface area contributed by atoms with Gasteiger partial charge in [0.2, 0.25) is 11.8 Å². The first kappa shape index (κ1) is 95.8. The van der Waals surface area contributed by atoms with Gasteiger partial charge in [0.15, 0.2) is 18.4 Å². The zero-order chi connectivity index (χ0) is 73.2. The monoisotopic (exact) mass is 1450 g/mol. The van der Waals surface area contributed by atoms with E-state index in [4.69, 9.17) is 32.9 Å². The molecule has 19 heteroatoms.